The molecule has 2 saturated heterocycles. The number of amides is 1. The zero-order valence-electron chi connectivity index (χ0n) is 16.0. The molecule has 6 heteroatoms. The molecule has 0 N–H and O–H groups in total. The number of rotatable bonds is 4. The number of likely N-dealkylation sites (N-methyl/N-ethyl adjacent to an activating group) is 1. The van der Waals surface area contributed by atoms with E-state index in [0.717, 1.165) is 47.1 Å². The highest BCUT2D eigenvalue weighted by Crippen LogP contribution is 2.23. The number of para-hydroxylation sites is 1. The molecule has 4 rings (SSSR count). The SMILES string of the molecule is CN1CCN(CC2CCN(C(=O)/C=C/c3nc4ccccc4s3)CC2)CC1. The van der Waals surface area contributed by atoms with E-state index in [1.807, 2.05) is 29.2 Å². The van der Waals surface area contributed by atoms with Crippen LogP contribution < -0.4 is 0 Å². The maximum atomic E-state index is 12.5. The highest BCUT2D eigenvalue weighted by molar-refractivity contribution is 7.19. The zero-order valence-corrected chi connectivity index (χ0v) is 16.8. The number of carbonyl (C=O) groups is 1. The van der Waals surface area contributed by atoms with Crippen LogP contribution in [-0.2, 0) is 4.79 Å². The van der Waals surface area contributed by atoms with Crippen LogP contribution in [0.2, 0.25) is 0 Å². The standard InChI is InChI=1S/C21H28N4OS/c1-23-12-14-24(15-13-23)16-17-8-10-25(11-9-17)21(26)7-6-20-22-18-4-2-3-5-19(18)27-20/h2-7,17H,8-16H2,1H3/b7-6+. The summed E-state index contributed by atoms with van der Waals surface area (Å²) in [6.07, 6.45) is 5.79. The van der Waals surface area contributed by atoms with Gasteiger partial charge in [-0.15, -0.1) is 11.3 Å². The Labute approximate surface area is 165 Å². The van der Waals surface area contributed by atoms with Crippen LogP contribution in [0.4, 0.5) is 0 Å². The van der Waals surface area contributed by atoms with Crippen LogP contribution in [-0.4, -0.2) is 78.5 Å². The van der Waals surface area contributed by atoms with Gasteiger partial charge in [0.25, 0.3) is 0 Å². The number of hydrogen-bond donors (Lipinski definition) is 0. The van der Waals surface area contributed by atoms with Crippen molar-refractivity contribution in [3.63, 3.8) is 0 Å². The lowest BCUT2D eigenvalue weighted by Crippen LogP contribution is -2.47. The molecule has 2 aliphatic heterocycles. The number of thiazole rings is 1. The average Bonchev–Trinajstić information content (AvgIpc) is 3.11. The first-order valence-electron chi connectivity index (χ1n) is 9.91. The first-order chi connectivity index (χ1) is 13.2. The number of nitrogens with zero attached hydrogens (tertiary/aromatic N) is 4. The van der Waals surface area contributed by atoms with E-state index in [9.17, 15) is 4.79 Å². The smallest absolute Gasteiger partial charge is 0.246 e. The summed E-state index contributed by atoms with van der Waals surface area (Å²) in [4.78, 5) is 24.1. The van der Waals surface area contributed by atoms with Crippen molar-refractivity contribution in [1.29, 1.82) is 0 Å². The molecule has 0 spiro atoms. The summed E-state index contributed by atoms with van der Waals surface area (Å²) in [7, 11) is 2.20. The lowest BCUT2D eigenvalue weighted by Gasteiger charge is -2.37. The highest BCUT2D eigenvalue weighted by atomic mass is 32.1. The Kier molecular flexibility index (Phi) is 5.86. The van der Waals surface area contributed by atoms with E-state index in [1.54, 1.807) is 17.4 Å². The predicted molar refractivity (Wildman–Crippen MR) is 112 cm³/mol. The molecule has 2 aliphatic rings. The lowest BCUT2D eigenvalue weighted by atomic mass is 9.96. The Morgan fingerprint density at radius 2 is 1.89 bits per heavy atom. The van der Waals surface area contributed by atoms with Crippen LogP contribution in [0.5, 0.6) is 0 Å². The molecule has 0 atom stereocenters. The van der Waals surface area contributed by atoms with Gasteiger partial charge in [-0.1, -0.05) is 12.1 Å². The van der Waals surface area contributed by atoms with Crippen LogP contribution in [0.3, 0.4) is 0 Å². The van der Waals surface area contributed by atoms with Crippen molar-refractivity contribution >= 4 is 33.5 Å². The second-order valence-corrected chi connectivity index (χ2v) is 8.79. The second kappa shape index (κ2) is 8.50. The van der Waals surface area contributed by atoms with Gasteiger partial charge in [0, 0.05) is 51.9 Å². The fourth-order valence-electron chi connectivity index (χ4n) is 3.94. The normalized spacial score (nSPS) is 20.7. The minimum Gasteiger partial charge on any atom is -0.339 e. The summed E-state index contributed by atoms with van der Waals surface area (Å²) >= 11 is 1.63. The van der Waals surface area contributed by atoms with E-state index in [1.165, 1.54) is 32.7 Å². The van der Waals surface area contributed by atoms with E-state index in [-0.39, 0.29) is 5.91 Å². The number of likely N-dealkylation sites (tertiary alicyclic amines) is 1. The van der Waals surface area contributed by atoms with Gasteiger partial charge < -0.3 is 14.7 Å². The molecule has 0 unspecified atom stereocenters. The molecule has 0 bridgehead atoms. The third-order valence-electron chi connectivity index (χ3n) is 5.72. The van der Waals surface area contributed by atoms with Crippen molar-refractivity contribution < 1.29 is 4.79 Å². The Morgan fingerprint density at radius 1 is 1.15 bits per heavy atom. The summed E-state index contributed by atoms with van der Waals surface area (Å²) < 4.78 is 1.16. The fraction of sp³-hybridized carbons (Fsp3) is 0.524. The van der Waals surface area contributed by atoms with Crippen molar-refractivity contribution in [3.05, 3.63) is 35.3 Å². The summed E-state index contributed by atoms with van der Waals surface area (Å²) in [6, 6.07) is 8.09. The summed E-state index contributed by atoms with van der Waals surface area (Å²) in [5.41, 5.74) is 0.999. The Bertz CT molecular complexity index is 768. The van der Waals surface area contributed by atoms with Gasteiger partial charge in [-0.3, -0.25) is 4.79 Å². The highest BCUT2D eigenvalue weighted by Gasteiger charge is 2.24. The average molecular weight is 385 g/mol. The molecule has 2 fully saturated rings. The van der Waals surface area contributed by atoms with E-state index in [0.29, 0.717) is 0 Å². The van der Waals surface area contributed by atoms with E-state index >= 15 is 0 Å². The van der Waals surface area contributed by atoms with E-state index in [4.69, 9.17) is 0 Å². The van der Waals surface area contributed by atoms with Crippen molar-refractivity contribution in [2.45, 2.75) is 12.8 Å². The molecular weight excluding hydrogens is 356 g/mol. The Balaban J connectivity index is 1.25. The van der Waals surface area contributed by atoms with Gasteiger partial charge in [0.15, 0.2) is 0 Å². The van der Waals surface area contributed by atoms with Crippen LogP contribution in [0.1, 0.15) is 17.8 Å². The summed E-state index contributed by atoms with van der Waals surface area (Å²) in [5.74, 6) is 0.845. The number of piperazine rings is 1. The van der Waals surface area contributed by atoms with Crippen LogP contribution in [0, 0.1) is 5.92 Å². The molecule has 0 saturated carbocycles. The minimum atomic E-state index is 0.118. The number of piperidine rings is 1. The molecule has 2 aromatic rings. The molecule has 1 aromatic carbocycles. The van der Waals surface area contributed by atoms with Gasteiger partial charge in [-0.25, -0.2) is 4.98 Å². The molecule has 5 nitrogen and oxygen atoms in total. The molecule has 1 amide bonds. The molecule has 144 valence electrons. The Hall–Kier alpha value is -1.76. The third-order valence-corrected chi connectivity index (χ3v) is 6.72. The predicted octanol–water partition coefficient (Wildman–Crippen LogP) is 2.80. The van der Waals surface area contributed by atoms with Gasteiger partial charge >= 0.3 is 0 Å². The van der Waals surface area contributed by atoms with Crippen LogP contribution >= 0.6 is 11.3 Å². The van der Waals surface area contributed by atoms with E-state index < -0.39 is 0 Å². The van der Waals surface area contributed by atoms with Crippen molar-refractivity contribution in [3.8, 4) is 0 Å². The van der Waals surface area contributed by atoms with Gasteiger partial charge in [0.2, 0.25) is 5.91 Å². The largest absolute Gasteiger partial charge is 0.339 e. The first-order valence-corrected chi connectivity index (χ1v) is 10.7. The maximum Gasteiger partial charge on any atom is 0.246 e. The minimum absolute atomic E-state index is 0.118. The monoisotopic (exact) mass is 384 g/mol. The molecule has 0 aliphatic carbocycles. The number of fused-ring (bicyclic) bond motifs is 1. The Morgan fingerprint density at radius 3 is 2.63 bits per heavy atom. The lowest BCUT2D eigenvalue weighted by molar-refractivity contribution is -0.127. The van der Waals surface area contributed by atoms with Gasteiger partial charge in [-0.2, -0.15) is 0 Å². The molecule has 1 aromatic heterocycles. The fourth-order valence-corrected chi connectivity index (χ4v) is 4.81. The quantitative estimate of drug-likeness (QED) is 0.760. The zero-order chi connectivity index (χ0) is 18.6. The van der Waals surface area contributed by atoms with Crippen molar-refractivity contribution in [1.82, 2.24) is 19.7 Å². The first kappa shape index (κ1) is 18.6. The summed E-state index contributed by atoms with van der Waals surface area (Å²) in [6.45, 7) is 7.66. The number of benzene rings is 1. The topological polar surface area (TPSA) is 39.7 Å². The molecule has 0 radical (unpaired) electrons. The van der Waals surface area contributed by atoms with Crippen LogP contribution in [0.25, 0.3) is 16.3 Å². The third kappa shape index (κ3) is 4.75. The number of carbonyl (C=O) groups excluding carboxylic acids is 1. The van der Waals surface area contributed by atoms with Crippen LogP contribution in [0.15, 0.2) is 30.3 Å². The van der Waals surface area contributed by atoms with E-state index in [2.05, 4.69) is 27.9 Å². The molecule has 27 heavy (non-hydrogen) atoms. The second-order valence-electron chi connectivity index (χ2n) is 7.73. The van der Waals surface area contributed by atoms with Crippen molar-refractivity contribution in [2.75, 3.05) is 52.9 Å². The summed E-state index contributed by atoms with van der Waals surface area (Å²) in [5, 5.41) is 0.898. The van der Waals surface area contributed by atoms with Gasteiger partial charge in [-0.05, 0) is 44.0 Å². The number of hydrogen-bond acceptors (Lipinski definition) is 5. The maximum absolute atomic E-state index is 12.5. The number of aromatic nitrogens is 1. The van der Waals surface area contributed by atoms with Gasteiger partial charge in [0.05, 0.1) is 10.2 Å². The van der Waals surface area contributed by atoms with Crippen molar-refractivity contribution in [2.24, 2.45) is 5.92 Å². The molecule has 3 heterocycles. The molecular formula is C21H28N4OS. The van der Waals surface area contributed by atoms with Gasteiger partial charge in [0.1, 0.15) is 5.01 Å².